The first-order valence-electron chi connectivity index (χ1n) is 7.43. The average Bonchev–Trinajstić information content (AvgIpc) is 3.08. The summed E-state index contributed by atoms with van der Waals surface area (Å²) < 4.78 is 0. The van der Waals surface area contributed by atoms with Crippen molar-refractivity contribution >= 4 is 22.8 Å². The highest BCUT2D eigenvalue weighted by molar-refractivity contribution is 5.78. The highest BCUT2D eigenvalue weighted by atomic mass is 16.4. The fourth-order valence-electron chi connectivity index (χ4n) is 4.05. The number of anilines is 1. The fraction of sp³-hybridized carbons (Fsp3) is 0.438. The Morgan fingerprint density at radius 2 is 2.05 bits per heavy atom. The molecule has 5 nitrogen and oxygen atoms in total. The van der Waals surface area contributed by atoms with Gasteiger partial charge in [-0.3, -0.25) is 4.79 Å². The molecule has 2 N–H and O–H groups in total. The Kier molecular flexibility index (Phi) is 2.80. The van der Waals surface area contributed by atoms with Crippen molar-refractivity contribution in [3.63, 3.8) is 0 Å². The second-order valence-electron chi connectivity index (χ2n) is 6.12. The van der Waals surface area contributed by atoms with Crippen LogP contribution in [0.25, 0.3) is 10.9 Å². The lowest BCUT2D eigenvalue weighted by Crippen LogP contribution is -2.39. The molecule has 2 aliphatic rings. The molecule has 0 radical (unpaired) electrons. The number of fused-ring (bicyclic) bond motifs is 3. The summed E-state index contributed by atoms with van der Waals surface area (Å²) in [5, 5.41) is 13.8. The Balaban J connectivity index is 1.63. The standard InChI is InChI=1S/C16H17N3O2/c20-15(21)13-9-5-6-10(7-9)14(13)19-16-17-8-11-3-1-2-4-12(11)18-16/h1-4,8-10,13-14H,5-7H2,(H,20,21)(H,17,18,19). The Labute approximate surface area is 122 Å². The minimum atomic E-state index is -0.694. The molecule has 0 amide bonds. The molecule has 2 bridgehead atoms. The van der Waals surface area contributed by atoms with Gasteiger partial charge in [-0.25, -0.2) is 9.97 Å². The molecule has 2 fully saturated rings. The number of hydrogen-bond acceptors (Lipinski definition) is 4. The molecule has 2 aliphatic carbocycles. The summed E-state index contributed by atoms with van der Waals surface area (Å²) in [5.74, 6) is 0.286. The second kappa shape index (κ2) is 4.69. The molecule has 0 saturated heterocycles. The summed E-state index contributed by atoms with van der Waals surface area (Å²) in [6, 6.07) is 7.77. The van der Waals surface area contributed by atoms with E-state index < -0.39 is 5.97 Å². The maximum atomic E-state index is 11.5. The maximum Gasteiger partial charge on any atom is 0.308 e. The van der Waals surface area contributed by atoms with Crippen molar-refractivity contribution in [3.8, 4) is 0 Å². The van der Waals surface area contributed by atoms with Crippen LogP contribution in [-0.2, 0) is 4.79 Å². The SMILES string of the molecule is O=C(O)C1C2CCC(C2)C1Nc1ncc2ccccc2n1. The number of carboxylic acid groups (broad SMARTS) is 1. The van der Waals surface area contributed by atoms with Crippen molar-refractivity contribution in [2.24, 2.45) is 17.8 Å². The summed E-state index contributed by atoms with van der Waals surface area (Å²) in [6.07, 6.45) is 4.95. The van der Waals surface area contributed by atoms with Crippen molar-refractivity contribution in [1.29, 1.82) is 0 Å². The second-order valence-corrected chi connectivity index (χ2v) is 6.12. The molecule has 21 heavy (non-hydrogen) atoms. The van der Waals surface area contributed by atoms with Crippen LogP contribution in [0, 0.1) is 17.8 Å². The molecule has 108 valence electrons. The predicted molar refractivity (Wildman–Crippen MR) is 78.9 cm³/mol. The summed E-state index contributed by atoms with van der Waals surface area (Å²) in [5.41, 5.74) is 0.880. The first-order valence-corrected chi connectivity index (χ1v) is 7.43. The van der Waals surface area contributed by atoms with Crippen molar-refractivity contribution < 1.29 is 9.90 Å². The van der Waals surface area contributed by atoms with E-state index in [-0.39, 0.29) is 12.0 Å². The lowest BCUT2D eigenvalue weighted by molar-refractivity contribution is -0.143. The van der Waals surface area contributed by atoms with Gasteiger partial charge in [-0.05, 0) is 37.2 Å². The smallest absolute Gasteiger partial charge is 0.308 e. The summed E-state index contributed by atoms with van der Waals surface area (Å²) in [6.45, 7) is 0. The van der Waals surface area contributed by atoms with Crippen LogP contribution in [0.5, 0.6) is 0 Å². The lowest BCUT2D eigenvalue weighted by Gasteiger charge is -2.28. The minimum Gasteiger partial charge on any atom is -0.481 e. The van der Waals surface area contributed by atoms with Crippen LogP contribution in [-0.4, -0.2) is 27.1 Å². The largest absolute Gasteiger partial charge is 0.481 e. The monoisotopic (exact) mass is 283 g/mol. The van der Waals surface area contributed by atoms with E-state index in [9.17, 15) is 9.90 Å². The molecular weight excluding hydrogens is 266 g/mol. The number of aromatic nitrogens is 2. The van der Waals surface area contributed by atoms with Gasteiger partial charge < -0.3 is 10.4 Å². The van der Waals surface area contributed by atoms with Gasteiger partial charge in [0.15, 0.2) is 0 Å². The van der Waals surface area contributed by atoms with E-state index in [4.69, 9.17) is 0 Å². The highest BCUT2D eigenvalue weighted by Crippen LogP contribution is 2.49. The normalized spacial score (nSPS) is 30.7. The van der Waals surface area contributed by atoms with Gasteiger partial charge in [-0.1, -0.05) is 18.2 Å². The van der Waals surface area contributed by atoms with E-state index in [1.807, 2.05) is 24.3 Å². The zero-order valence-electron chi connectivity index (χ0n) is 11.6. The molecule has 4 atom stereocenters. The highest BCUT2D eigenvalue weighted by Gasteiger charge is 2.51. The Morgan fingerprint density at radius 1 is 1.24 bits per heavy atom. The van der Waals surface area contributed by atoms with Crippen molar-refractivity contribution in [3.05, 3.63) is 30.5 Å². The van der Waals surface area contributed by atoms with Gasteiger partial charge in [0, 0.05) is 17.6 Å². The first kappa shape index (κ1) is 12.6. The quantitative estimate of drug-likeness (QED) is 0.905. The van der Waals surface area contributed by atoms with Gasteiger partial charge in [0.1, 0.15) is 0 Å². The van der Waals surface area contributed by atoms with Crippen LogP contribution in [0.3, 0.4) is 0 Å². The van der Waals surface area contributed by atoms with Gasteiger partial charge in [-0.15, -0.1) is 0 Å². The molecule has 4 unspecified atom stereocenters. The summed E-state index contributed by atoms with van der Waals surface area (Å²) in [4.78, 5) is 20.4. The third-order valence-corrected chi connectivity index (χ3v) is 4.99. The maximum absolute atomic E-state index is 11.5. The van der Waals surface area contributed by atoms with Crippen LogP contribution in [0.15, 0.2) is 30.5 Å². The van der Waals surface area contributed by atoms with E-state index in [1.165, 1.54) is 0 Å². The molecule has 1 heterocycles. The van der Waals surface area contributed by atoms with Gasteiger partial charge in [0.25, 0.3) is 0 Å². The molecule has 0 spiro atoms. The average molecular weight is 283 g/mol. The molecule has 1 aromatic heterocycles. The molecule has 1 aromatic carbocycles. The number of nitrogens with zero attached hydrogens (tertiary/aromatic N) is 2. The predicted octanol–water partition coefficient (Wildman–Crippen LogP) is 2.54. The van der Waals surface area contributed by atoms with E-state index in [0.717, 1.165) is 30.2 Å². The van der Waals surface area contributed by atoms with Gasteiger partial charge in [0.05, 0.1) is 11.4 Å². The van der Waals surface area contributed by atoms with Crippen LogP contribution in [0.4, 0.5) is 5.95 Å². The number of carbonyl (C=O) groups is 1. The minimum absolute atomic E-state index is 0.0394. The van der Waals surface area contributed by atoms with Crippen molar-refractivity contribution in [1.82, 2.24) is 9.97 Å². The van der Waals surface area contributed by atoms with Gasteiger partial charge >= 0.3 is 5.97 Å². The van der Waals surface area contributed by atoms with Crippen LogP contribution < -0.4 is 5.32 Å². The number of carboxylic acids is 1. The van der Waals surface area contributed by atoms with Crippen molar-refractivity contribution in [2.75, 3.05) is 5.32 Å². The fourth-order valence-corrected chi connectivity index (χ4v) is 4.05. The molecule has 5 heteroatoms. The number of hydrogen-bond donors (Lipinski definition) is 2. The van der Waals surface area contributed by atoms with E-state index in [2.05, 4.69) is 15.3 Å². The van der Waals surface area contributed by atoms with Gasteiger partial charge in [0.2, 0.25) is 5.95 Å². The Morgan fingerprint density at radius 3 is 2.90 bits per heavy atom. The van der Waals surface area contributed by atoms with E-state index >= 15 is 0 Å². The Hall–Kier alpha value is -2.17. The van der Waals surface area contributed by atoms with Gasteiger partial charge in [-0.2, -0.15) is 0 Å². The number of rotatable bonds is 3. The topological polar surface area (TPSA) is 75.1 Å². The number of para-hydroxylation sites is 1. The molecule has 2 aromatic rings. The third-order valence-electron chi connectivity index (χ3n) is 4.99. The molecule has 0 aliphatic heterocycles. The molecular formula is C16H17N3O2. The zero-order chi connectivity index (χ0) is 14.4. The summed E-state index contributed by atoms with van der Waals surface area (Å²) >= 11 is 0. The third kappa shape index (κ3) is 2.04. The van der Waals surface area contributed by atoms with Crippen LogP contribution in [0.2, 0.25) is 0 Å². The number of nitrogens with one attached hydrogen (secondary N) is 1. The molecule has 4 rings (SSSR count). The van der Waals surface area contributed by atoms with Crippen molar-refractivity contribution in [2.45, 2.75) is 25.3 Å². The molecule has 2 saturated carbocycles. The zero-order valence-corrected chi connectivity index (χ0v) is 11.6. The first-order chi connectivity index (χ1) is 10.2. The number of benzene rings is 1. The lowest BCUT2D eigenvalue weighted by atomic mass is 9.84. The van der Waals surface area contributed by atoms with E-state index in [0.29, 0.717) is 17.8 Å². The summed E-state index contributed by atoms with van der Waals surface area (Å²) in [7, 11) is 0. The van der Waals surface area contributed by atoms with Crippen LogP contribution in [0.1, 0.15) is 19.3 Å². The number of aliphatic carboxylic acids is 1. The van der Waals surface area contributed by atoms with Crippen LogP contribution >= 0.6 is 0 Å². The Bertz CT molecular complexity index is 703. The van der Waals surface area contributed by atoms with E-state index in [1.54, 1.807) is 6.20 Å².